The van der Waals surface area contributed by atoms with Gasteiger partial charge in [0.25, 0.3) is 0 Å². The Morgan fingerprint density at radius 3 is 2.35 bits per heavy atom. The molecule has 0 fully saturated rings. The number of hydrogen-bond acceptors (Lipinski definition) is 5. The first-order chi connectivity index (χ1) is 12.1. The topological polar surface area (TPSA) is 105 Å². The molecule has 0 saturated carbocycles. The number of alkyl carbamates (subject to hydrolysis) is 1. The molecule has 0 bridgehead atoms. The van der Waals surface area contributed by atoms with Crippen LogP contribution in [0.5, 0.6) is 0 Å². The Hall–Kier alpha value is -2.13. The van der Waals surface area contributed by atoms with Gasteiger partial charge < -0.3 is 15.4 Å². The lowest BCUT2D eigenvalue weighted by molar-refractivity contribution is -0.123. The highest BCUT2D eigenvalue weighted by Crippen LogP contribution is 2.18. The van der Waals surface area contributed by atoms with Crippen LogP contribution in [0.1, 0.15) is 25.8 Å². The predicted octanol–water partition coefficient (Wildman–Crippen LogP) is 1.32. The maximum Gasteiger partial charge on any atom is 0.407 e. The van der Waals surface area contributed by atoms with Gasteiger partial charge in [0.1, 0.15) is 6.04 Å². The monoisotopic (exact) mass is 385 g/mol. The number of rotatable bonds is 8. The number of nitrogens with one attached hydrogen (secondary N) is 2. The minimum atomic E-state index is -3.63. The summed E-state index contributed by atoms with van der Waals surface area (Å²) in [4.78, 5) is 24.0. The van der Waals surface area contributed by atoms with Crippen LogP contribution in [0.3, 0.4) is 0 Å². The molecule has 146 valence electrons. The second-order valence-electron chi connectivity index (χ2n) is 6.43. The molecule has 0 heterocycles. The van der Waals surface area contributed by atoms with Gasteiger partial charge in [0, 0.05) is 20.6 Å². The first-order valence-corrected chi connectivity index (χ1v) is 9.66. The second kappa shape index (κ2) is 9.54. The summed E-state index contributed by atoms with van der Waals surface area (Å²) in [6, 6.07) is 5.70. The fourth-order valence-electron chi connectivity index (χ4n) is 2.31. The van der Waals surface area contributed by atoms with Crippen LogP contribution in [-0.4, -0.2) is 52.0 Å². The van der Waals surface area contributed by atoms with Gasteiger partial charge in [0.2, 0.25) is 15.9 Å². The lowest BCUT2D eigenvalue weighted by Crippen LogP contribution is -2.47. The number of carbonyl (C=O) groups is 2. The van der Waals surface area contributed by atoms with Gasteiger partial charge in [-0.15, -0.1) is 0 Å². The summed E-state index contributed by atoms with van der Waals surface area (Å²) in [5.74, 6) is -0.231. The van der Waals surface area contributed by atoms with Gasteiger partial charge in [0.05, 0.1) is 12.0 Å². The Labute approximate surface area is 155 Å². The van der Waals surface area contributed by atoms with E-state index in [1.54, 1.807) is 18.2 Å². The summed E-state index contributed by atoms with van der Waals surface area (Å²) in [7, 11) is 0.495. The number of carbonyl (C=O) groups excluding carboxylic acids is 2. The zero-order valence-corrected chi connectivity index (χ0v) is 16.6. The molecule has 1 unspecified atom stereocenters. The number of amides is 2. The van der Waals surface area contributed by atoms with Crippen molar-refractivity contribution in [1.29, 1.82) is 0 Å². The number of hydrogen-bond donors (Lipinski definition) is 2. The van der Waals surface area contributed by atoms with E-state index in [1.807, 2.05) is 13.8 Å². The van der Waals surface area contributed by atoms with E-state index in [-0.39, 0.29) is 17.4 Å². The summed E-state index contributed by atoms with van der Waals surface area (Å²) < 4.78 is 30.5. The van der Waals surface area contributed by atoms with E-state index >= 15 is 0 Å². The fraction of sp³-hybridized carbons (Fsp3) is 0.529. The number of benzene rings is 1. The summed E-state index contributed by atoms with van der Waals surface area (Å²) in [6.45, 7) is 3.88. The molecule has 8 nitrogen and oxygen atoms in total. The van der Waals surface area contributed by atoms with Crippen LogP contribution in [0.4, 0.5) is 4.79 Å². The molecular weight excluding hydrogens is 358 g/mol. The van der Waals surface area contributed by atoms with Crippen LogP contribution < -0.4 is 10.6 Å². The van der Waals surface area contributed by atoms with Gasteiger partial charge in [-0.05, 0) is 24.0 Å². The van der Waals surface area contributed by atoms with E-state index in [9.17, 15) is 18.0 Å². The Bertz CT molecular complexity index is 732. The van der Waals surface area contributed by atoms with Crippen LogP contribution in [-0.2, 0) is 26.1 Å². The van der Waals surface area contributed by atoms with Crippen molar-refractivity contribution in [3.63, 3.8) is 0 Å². The molecular formula is C17H27N3O5S. The lowest BCUT2D eigenvalue weighted by Gasteiger charge is -2.20. The zero-order chi connectivity index (χ0) is 19.9. The molecule has 1 aromatic carbocycles. The molecule has 0 aliphatic rings. The fourth-order valence-corrected chi connectivity index (χ4v) is 3.42. The molecule has 0 aliphatic heterocycles. The van der Waals surface area contributed by atoms with Crippen molar-refractivity contribution < 1.29 is 22.7 Å². The number of nitrogens with zero attached hydrogens (tertiary/aromatic N) is 1. The van der Waals surface area contributed by atoms with Crippen molar-refractivity contribution in [3.05, 3.63) is 29.8 Å². The van der Waals surface area contributed by atoms with Crippen LogP contribution in [0.25, 0.3) is 0 Å². The Balaban J connectivity index is 2.93. The van der Waals surface area contributed by atoms with E-state index in [1.165, 1.54) is 27.3 Å². The highest BCUT2D eigenvalue weighted by molar-refractivity contribution is 7.89. The highest BCUT2D eigenvalue weighted by atomic mass is 32.2. The molecule has 1 aromatic rings. The van der Waals surface area contributed by atoms with Gasteiger partial charge in [-0.2, -0.15) is 0 Å². The molecule has 1 atom stereocenters. The third-order valence-electron chi connectivity index (χ3n) is 3.69. The molecule has 0 spiro atoms. The maximum atomic E-state index is 12.5. The van der Waals surface area contributed by atoms with Gasteiger partial charge in [-0.3, -0.25) is 4.79 Å². The van der Waals surface area contributed by atoms with Gasteiger partial charge in [0.15, 0.2) is 0 Å². The average molecular weight is 385 g/mol. The zero-order valence-electron chi connectivity index (χ0n) is 15.8. The normalized spacial score (nSPS) is 12.7. The minimum Gasteiger partial charge on any atom is -0.453 e. The van der Waals surface area contributed by atoms with Crippen LogP contribution in [0.2, 0.25) is 0 Å². The van der Waals surface area contributed by atoms with Crippen molar-refractivity contribution in [3.8, 4) is 0 Å². The van der Waals surface area contributed by atoms with E-state index in [2.05, 4.69) is 15.4 Å². The quantitative estimate of drug-likeness (QED) is 0.702. The molecule has 26 heavy (non-hydrogen) atoms. The second-order valence-corrected chi connectivity index (χ2v) is 8.55. The average Bonchev–Trinajstić information content (AvgIpc) is 2.58. The Morgan fingerprint density at radius 1 is 1.19 bits per heavy atom. The Morgan fingerprint density at radius 2 is 1.81 bits per heavy atom. The number of sulfonamides is 1. The molecule has 1 rings (SSSR count). The summed E-state index contributed by atoms with van der Waals surface area (Å²) >= 11 is 0. The summed E-state index contributed by atoms with van der Waals surface area (Å²) in [5.41, 5.74) is 0.468. The molecule has 2 N–H and O–H groups in total. The standard InChI is InChI=1S/C17H27N3O5S/c1-12(2)10-14(19-17(22)25-5)16(21)18-11-13-8-6-7-9-15(13)26(23,24)20(3)4/h6-9,12,14H,10-11H2,1-5H3,(H,18,21)(H,19,22). The summed E-state index contributed by atoms with van der Waals surface area (Å²) in [5, 5.41) is 5.19. The van der Waals surface area contributed by atoms with Crippen LogP contribution >= 0.6 is 0 Å². The first kappa shape index (κ1) is 21.9. The molecule has 0 aromatic heterocycles. The number of ether oxygens (including phenoxy) is 1. The highest BCUT2D eigenvalue weighted by Gasteiger charge is 2.24. The van der Waals surface area contributed by atoms with Gasteiger partial charge in [-0.25, -0.2) is 17.5 Å². The molecule has 0 radical (unpaired) electrons. The minimum absolute atomic E-state index is 0.0273. The van der Waals surface area contributed by atoms with E-state index < -0.39 is 28.1 Å². The lowest BCUT2D eigenvalue weighted by atomic mass is 10.0. The smallest absolute Gasteiger partial charge is 0.407 e. The van der Waals surface area contributed by atoms with Crippen LogP contribution in [0.15, 0.2) is 29.2 Å². The van der Waals surface area contributed by atoms with Gasteiger partial charge >= 0.3 is 6.09 Å². The van der Waals surface area contributed by atoms with Crippen molar-refractivity contribution in [2.24, 2.45) is 5.92 Å². The van der Waals surface area contributed by atoms with E-state index in [0.29, 0.717) is 12.0 Å². The Kier molecular flexibility index (Phi) is 8.04. The number of methoxy groups -OCH3 is 1. The SMILES string of the molecule is COC(=O)NC(CC(C)C)C(=O)NCc1ccccc1S(=O)(=O)N(C)C. The van der Waals surface area contributed by atoms with Crippen molar-refractivity contribution in [1.82, 2.24) is 14.9 Å². The van der Waals surface area contributed by atoms with E-state index in [4.69, 9.17) is 0 Å². The largest absolute Gasteiger partial charge is 0.453 e. The molecule has 2 amide bonds. The third kappa shape index (κ3) is 5.99. The first-order valence-electron chi connectivity index (χ1n) is 8.22. The van der Waals surface area contributed by atoms with Gasteiger partial charge in [-0.1, -0.05) is 32.0 Å². The summed E-state index contributed by atoms with van der Waals surface area (Å²) in [6.07, 6.45) is -0.264. The predicted molar refractivity (Wildman–Crippen MR) is 97.9 cm³/mol. The van der Waals surface area contributed by atoms with Crippen molar-refractivity contribution in [2.45, 2.75) is 37.8 Å². The van der Waals surface area contributed by atoms with Crippen molar-refractivity contribution >= 4 is 22.0 Å². The van der Waals surface area contributed by atoms with Crippen molar-refractivity contribution in [2.75, 3.05) is 21.2 Å². The molecule has 9 heteroatoms. The molecule has 0 saturated heterocycles. The molecule has 0 aliphatic carbocycles. The third-order valence-corrected chi connectivity index (χ3v) is 5.60. The van der Waals surface area contributed by atoms with E-state index in [0.717, 1.165) is 4.31 Å². The van der Waals surface area contributed by atoms with Crippen LogP contribution in [0, 0.1) is 5.92 Å². The maximum absolute atomic E-state index is 12.5.